The van der Waals surface area contributed by atoms with Crippen molar-refractivity contribution in [2.24, 2.45) is 0 Å². The van der Waals surface area contributed by atoms with Crippen LogP contribution in [0.4, 0.5) is 5.69 Å². The Labute approximate surface area is 174 Å². The van der Waals surface area contributed by atoms with Crippen LogP contribution in [0.15, 0.2) is 57.7 Å². The van der Waals surface area contributed by atoms with Gasteiger partial charge in [0.15, 0.2) is 6.61 Å². The van der Waals surface area contributed by atoms with Gasteiger partial charge in [0, 0.05) is 42.9 Å². The summed E-state index contributed by atoms with van der Waals surface area (Å²) in [6.07, 6.45) is 1.70. The van der Waals surface area contributed by atoms with Gasteiger partial charge in [-0.25, -0.2) is 4.79 Å². The summed E-state index contributed by atoms with van der Waals surface area (Å²) in [5, 5.41) is 3.58. The van der Waals surface area contributed by atoms with Crippen LogP contribution in [0.3, 0.4) is 0 Å². The van der Waals surface area contributed by atoms with Crippen LogP contribution in [0.5, 0.6) is 5.75 Å². The monoisotopic (exact) mass is 408 g/mol. The van der Waals surface area contributed by atoms with Gasteiger partial charge in [0.05, 0.1) is 0 Å². The van der Waals surface area contributed by atoms with E-state index in [0.717, 1.165) is 23.8 Å². The van der Waals surface area contributed by atoms with E-state index in [2.05, 4.69) is 5.32 Å². The van der Waals surface area contributed by atoms with Crippen molar-refractivity contribution in [2.45, 2.75) is 19.8 Å². The van der Waals surface area contributed by atoms with Crippen LogP contribution in [0.1, 0.15) is 29.3 Å². The minimum atomic E-state index is -0.406. The zero-order chi connectivity index (χ0) is 21.7. The van der Waals surface area contributed by atoms with Gasteiger partial charge in [0.1, 0.15) is 11.3 Å². The Kier molecular flexibility index (Phi) is 6.51. The van der Waals surface area contributed by atoms with E-state index in [1.54, 1.807) is 50.5 Å². The third-order valence-corrected chi connectivity index (χ3v) is 4.51. The molecule has 0 saturated carbocycles. The second-order valence-corrected chi connectivity index (χ2v) is 7.11. The lowest BCUT2D eigenvalue weighted by molar-refractivity contribution is -0.118. The fraction of sp³-hybridized carbons (Fsp3) is 0.261. The molecule has 0 radical (unpaired) electrons. The first-order chi connectivity index (χ1) is 14.4. The van der Waals surface area contributed by atoms with Crippen LogP contribution >= 0.6 is 0 Å². The van der Waals surface area contributed by atoms with Gasteiger partial charge in [-0.3, -0.25) is 9.59 Å². The van der Waals surface area contributed by atoms with E-state index in [4.69, 9.17) is 9.15 Å². The summed E-state index contributed by atoms with van der Waals surface area (Å²) >= 11 is 0. The lowest BCUT2D eigenvalue weighted by atomic mass is 10.1. The Morgan fingerprint density at radius 3 is 2.47 bits per heavy atom. The molecule has 0 aliphatic rings. The molecule has 2 amide bonds. The number of carbonyl (C=O) groups is 2. The van der Waals surface area contributed by atoms with Gasteiger partial charge in [-0.15, -0.1) is 0 Å². The van der Waals surface area contributed by atoms with E-state index in [1.807, 2.05) is 13.0 Å². The lowest BCUT2D eigenvalue weighted by Crippen LogP contribution is -2.22. The molecule has 3 rings (SSSR count). The van der Waals surface area contributed by atoms with Gasteiger partial charge in [-0.2, -0.15) is 0 Å². The fourth-order valence-electron chi connectivity index (χ4n) is 3.08. The molecule has 7 nitrogen and oxygen atoms in total. The molecule has 3 aromatic rings. The SMILES string of the molecule is CCCc1cc(=O)oc2cc(OCC(=O)Nc3ccc(C(=O)N(C)C)cc3)ccc12. The average Bonchev–Trinajstić information content (AvgIpc) is 2.72. The van der Waals surface area contributed by atoms with Gasteiger partial charge < -0.3 is 19.4 Å². The maximum atomic E-state index is 12.2. The molecule has 1 heterocycles. The molecule has 0 aliphatic heterocycles. The molecule has 0 fully saturated rings. The van der Waals surface area contributed by atoms with Crippen LogP contribution in [0, 0.1) is 0 Å². The van der Waals surface area contributed by atoms with E-state index < -0.39 is 5.63 Å². The molecule has 0 bridgehead atoms. The molecule has 1 N–H and O–H groups in total. The highest BCUT2D eigenvalue weighted by Crippen LogP contribution is 2.23. The minimum absolute atomic E-state index is 0.110. The second-order valence-electron chi connectivity index (χ2n) is 7.11. The first-order valence-corrected chi connectivity index (χ1v) is 9.68. The first kappa shape index (κ1) is 21.1. The smallest absolute Gasteiger partial charge is 0.336 e. The third-order valence-electron chi connectivity index (χ3n) is 4.51. The summed E-state index contributed by atoms with van der Waals surface area (Å²) in [7, 11) is 3.36. The van der Waals surface area contributed by atoms with Crippen LogP contribution in [0.2, 0.25) is 0 Å². The molecule has 0 saturated heterocycles. The highest BCUT2D eigenvalue weighted by molar-refractivity contribution is 5.95. The number of amides is 2. The maximum absolute atomic E-state index is 12.2. The van der Waals surface area contributed by atoms with Crippen molar-refractivity contribution in [1.82, 2.24) is 4.90 Å². The van der Waals surface area contributed by atoms with E-state index in [9.17, 15) is 14.4 Å². The van der Waals surface area contributed by atoms with Gasteiger partial charge in [-0.05, 0) is 48.4 Å². The van der Waals surface area contributed by atoms with Gasteiger partial charge in [0.2, 0.25) is 0 Å². The standard InChI is InChI=1S/C23H24N2O5/c1-4-5-16-12-22(27)30-20-13-18(10-11-19(16)20)29-14-21(26)24-17-8-6-15(7-9-17)23(28)25(2)3/h6-13H,4-5,14H2,1-3H3,(H,24,26). The molecular formula is C23H24N2O5. The van der Waals surface area contributed by atoms with Crippen LogP contribution in [0.25, 0.3) is 11.0 Å². The number of rotatable bonds is 7. The predicted molar refractivity (Wildman–Crippen MR) is 115 cm³/mol. The second kappa shape index (κ2) is 9.26. The summed E-state index contributed by atoms with van der Waals surface area (Å²) in [5.41, 5.74) is 2.06. The van der Waals surface area contributed by atoms with E-state index in [0.29, 0.717) is 22.6 Å². The topological polar surface area (TPSA) is 88.8 Å². The zero-order valence-electron chi connectivity index (χ0n) is 17.2. The summed E-state index contributed by atoms with van der Waals surface area (Å²) < 4.78 is 10.8. The highest BCUT2D eigenvalue weighted by Gasteiger charge is 2.10. The highest BCUT2D eigenvalue weighted by atomic mass is 16.5. The number of aryl methyl sites for hydroxylation is 1. The number of carbonyl (C=O) groups excluding carboxylic acids is 2. The molecule has 156 valence electrons. The van der Waals surface area contributed by atoms with Gasteiger partial charge >= 0.3 is 5.63 Å². The molecule has 1 aromatic heterocycles. The first-order valence-electron chi connectivity index (χ1n) is 9.68. The number of nitrogens with one attached hydrogen (secondary N) is 1. The Morgan fingerprint density at radius 2 is 1.80 bits per heavy atom. The van der Waals surface area contributed by atoms with Crippen molar-refractivity contribution in [3.63, 3.8) is 0 Å². The Balaban J connectivity index is 1.64. The van der Waals surface area contributed by atoms with E-state index in [1.165, 1.54) is 11.0 Å². The number of fused-ring (bicyclic) bond motifs is 1. The maximum Gasteiger partial charge on any atom is 0.336 e. The number of hydrogen-bond donors (Lipinski definition) is 1. The van der Waals surface area contributed by atoms with Crippen molar-refractivity contribution in [2.75, 3.05) is 26.0 Å². The number of hydrogen-bond acceptors (Lipinski definition) is 5. The van der Waals surface area contributed by atoms with E-state index in [-0.39, 0.29) is 18.4 Å². The number of benzene rings is 2. The average molecular weight is 408 g/mol. The zero-order valence-corrected chi connectivity index (χ0v) is 17.2. The largest absolute Gasteiger partial charge is 0.484 e. The lowest BCUT2D eigenvalue weighted by Gasteiger charge is -2.11. The fourth-order valence-corrected chi connectivity index (χ4v) is 3.08. The van der Waals surface area contributed by atoms with Crippen LogP contribution in [-0.2, 0) is 11.2 Å². The summed E-state index contributed by atoms with van der Waals surface area (Å²) in [5.74, 6) is -0.0226. The minimum Gasteiger partial charge on any atom is -0.484 e. The van der Waals surface area contributed by atoms with Crippen molar-refractivity contribution in [1.29, 1.82) is 0 Å². The van der Waals surface area contributed by atoms with E-state index >= 15 is 0 Å². The molecule has 30 heavy (non-hydrogen) atoms. The Bertz CT molecular complexity index is 1120. The van der Waals surface area contributed by atoms with Gasteiger partial charge in [-0.1, -0.05) is 13.3 Å². The normalized spacial score (nSPS) is 10.6. The van der Waals surface area contributed by atoms with Crippen LogP contribution in [-0.4, -0.2) is 37.4 Å². The molecule has 7 heteroatoms. The van der Waals surface area contributed by atoms with Crippen molar-refractivity contribution < 1.29 is 18.7 Å². The molecule has 0 unspecified atom stereocenters. The molecule has 0 atom stereocenters. The number of nitrogens with zero attached hydrogens (tertiary/aromatic N) is 1. The number of anilines is 1. The van der Waals surface area contributed by atoms with Crippen molar-refractivity contribution in [3.05, 3.63) is 70.1 Å². The summed E-state index contributed by atoms with van der Waals surface area (Å²) in [6.45, 7) is 1.84. The van der Waals surface area contributed by atoms with Gasteiger partial charge in [0.25, 0.3) is 11.8 Å². The van der Waals surface area contributed by atoms with Crippen molar-refractivity contribution in [3.8, 4) is 5.75 Å². The summed E-state index contributed by atoms with van der Waals surface area (Å²) in [4.78, 5) is 37.3. The van der Waals surface area contributed by atoms with Crippen molar-refractivity contribution >= 4 is 28.5 Å². The Hall–Kier alpha value is -3.61. The third kappa shape index (κ3) is 5.05. The quantitative estimate of drug-likeness (QED) is 0.605. The number of ether oxygens (including phenoxy) is 1. The Morgan fingerprint density at radius 1 is 1.07 bits per heavy atom. The molecule has 0 spiro atoms. The molecule has 2 aromatic carbocycles. The van der Waals surface area contributed by atoms with Crippen LogP contribution < -0.4 is 15.7 Å². The molecule has 0 aliphatic carbocycles. The predicted octanol–water partition coefficient (Wildman–Crippen LogP) is 3.46. The molecular weight excluding hydrogens is 384 g/mol. The summed E-state index contributed by atoms with van der Waals surface area (Å²) in [6, 6.07) is 13.3.